The number of hydrogen-bond donors (Lipinski definition) is 1. The average Bonchev–Trinajstić information content (AvgIpc) is 2.86. The lowest BCUT2D eigenvalue weighted by molar-refractivity contribution is -0.127. The third-order valence-corrected chi connectivity index (χ3v) is 5.69. The molecule has 0 aliphatic carbocycles. The first-order valence-electron chi connectivity index (χ1n) is 10.3. The van der Waals surface area contributed by atoms with Gasteiger partial charge in [0, 0.05) is 14.5 Å². The summed E-state index contributed by atoms with van der Waals surface area (Å²) in [5.41, 5.74) is 3.18. The van der Waals surface area contributed by atoms with E-state index in [9.17, 15) is 9.59 Å². The first-order valence-corrected chi connectivity index (χ1v) is 11.9. The van der Waals surface area contributed by atoms with E-state index < -0.39 is 18.0 Å². The van der Waals surface area contributed by atoms with Crippen LogP contribution in [0.2, 0.25) is 0 Å². The van der Waals surface area contributed by atoms with Gasteiger partial charge in [0.05, 0.1) is 26.0 Å². The first-order chi connectivity index (χ1) is 16.8. The molecule has 8 nitrogen and oxygen atoms in total. The zero-order valence-corrected chi connectivity index (χ0v) is 22.3. The fraction of sp³-hybridized carbons (Fsp3) is 0.160. The highest BCUT2D eigenvalue weighted by Crippen LogP contribution is 2.29. The molecule has 0 radical (unpaired) electrons. The molecule has 0 aliphatic heterocycles. The van der Waals surface area contributed by atoms with Crippen molar-refractivity contribution in [2.45, 2.75) is 13.0 Å². The second-order valence-corrected chi connectivity index (χ2v) is 8.92. The Labute approximate surface area is 219 Å². The van der Waals surface area contributed by atoms with Gasteiger partial charge in [-0.1, -0.05) is 31.9 Å². The molecule has 0 bridgehead atoms. The van der Waals surface area contributed by atoms with Crippen LogP contribution in [0.25, 0.3) is 0 Å². The van der Waals surface area contributed by atoms with Crippen LogP contribution in [0.5, 0.6) is 23.0 Å². The maximum absolute atomic E-state index is 12.7. The van der Waals surface area contributed by atoms with Gasteiger partial charge >= 0.3 is 5.97 Å². The molecule has 1 N–H and O–H groups in total. The van der Waals surface area contributed by atoms with Crippen molar-refractivity contribution in [1.82, 2.24) is 5.43 Å². The molecule has 3 aromatic carbocycles. The standard InChI is InChI=1S/C25H22Br2N2O6/c1-15(34-20-8-5-18(26)6-9-20)24(30)29-28-14-17-12-19(27)7-11-21(17)35-25(31)16-4-10-22(32-2)23(13-16)33-3/h4-15H,1-3H3,(H,29,30)/b28-14-/t15-/m0/s1. The van der Waals surface area contributed by atoms with E-state index in [2.05, 4.69) is 42.4 Å². The minimum Gasteiger partial charge on any atom is -0.493 e. The molecule has 0 fully saturated rings. The maximum Gasteiger partial charge on any atom is 0.343 e. The highest BCUT2D eigenvalue weighted by atomic mass is 79.9. The molecule has 35 heavy (non-hydrogen) atoms. The zero-order valence-electron chi connectivity index (χ0n) is 19.1. The van der Waals surface area contributed by atoms with E-state index in [0.717, 1.165) is 8.95 Å². The third kappa shape index (κ3) is 7.30. The van der Waals surface area contributed by atoms with Gasteiger partial charge in [0.2, 0.25) is 0 Å². The fourth-order valence-corrected chi connectivity index (χ4v) is 3.51. The average molecular weight is 606 g/mol. The van der Waals surface area contributed by atoms with Gasteiger partial charge in [-0.3, -0.25) is 4.79 Å². The minimum atomic E-state index is -0.779. The van der Waals surface area contributed by atoms with Gasteiger partial charge in [-0.15, -0.1) is 0 Å². The molecule has 0 unspecified atom stereocenters. The quantitative estimate of drug-likeness (QED) is 0.153. The van der Waals surface area contributed by atoms with Crippen LogP contribution in [0.4, 0.5) is 0 Å². The van der Waals surface area contributed by atoms with Crippen LogP contribution in [-0.4, -0.2) is 38.4 Å². The summed E-state index contributed by atoms with van der Waals surface area (Å²) in [4.78, 5) is 25.1. The number of benzene rings is 3. The molecule has 0 heterocycles. The topological polar surface area (TPSA) is 95.5 Å². The lowest BCUT2D eigenvalue weighted by atomic mass is 10.2. The zero-order chi connectivity index (χ0) is 25.4. The summed E-state index contributed by atoms with van der Waals surface area (Å²) < 4.78 is 23.3. The number of ether oxygens (including phenoxy) is 4. The van der Waals surface area contributed by atoms with E-state index in [4.69, 9.17) is 18.9 Å². The molecule has 3 rings (SSSR count). The van der Waals surface area contributed by atoms with Crippen molar-refractivity contribution in [2.24, 2.45) is 5.10 Å². The summed E-state index contributed by atoms with van der Waals surface area (Å²) >= 11 is 6.73. The number of halogens is 2. The summed E-state index contributed by atoms with van der Waals surface area (Å²) in [6.07, 6.45) is 0.602. The number of rotatable bonds is 9. The molecule has 0 aliphatic rings. The van der Waals surface area contributed by atoms with Gasteiger partial charge < -0.3 is 18.9 Å². The smallest absolute Gasteiger partial charge is 0.343 e. The molecular formula is C25H22Br2N2O6. The van der Waals surface area contributed by atoms with Crippen molar-refractivity contribution in [1.29, 1.82) is 0 Å². The van der Waals surface area contributed by atoms with Crippen molar-refractivity contribution < 1.29 is 28.5 Å². The van der Waals surface area contributed by atoms with E-state index in [1.807, 2.05) is 12.1 Å². The number of nitrogens with zero attached hydrogens (tertiary/aromatic N) is 1. The Morgan fingerprint density at radius 3 is 2.23 bits per heavy atom. The number of amides is 1. The predicted octanol–water partition coefficient (Wildman–Crippen LogP) is 5.37. The van der Waals surface area contributed by atoms with Crippen molar-refractivity contribution in [3.63, 3.8) is 0 Å². The first kappa shape index (κ1) is 26.2. The molecule has 3 aromatic rings. The van der Waals surface area contributed by atoms with E-state index in [0.29, 0.717) is 22.8 Å². The van der Waals surface area contributed by atoms with Crippen LogP contribution in [-0.2, 0) is 4.79 Å². The van der Waals surface area contributed by atoms with E-state index in [1.54, 1.807) is 49.4 Å². The highest BCUT2D eigenvalue weighted by molar-refractivity contribution is 9.10. The van der Waals surface area contributed by atoms with Gasteiger partial charge in [-0.25, -0.2) is 10.2 Å². The van der Waals surface area contributed by atoms with Crippen molar-refractivity contribution in [2.75, 3.05) is 14.2 Å². The summed E-state index contributed by atoms with van der Waals surface area (Å²) in [7, 11) is 2.99. The SMILES string of the molecule is COc1ccc(C(=O)Oc2ccc(Br)cc2/C=N\NC(=O)[C@H](C)Oc2ccc(Br)cc2)cc1OC. The van der Waals surface area contributed by atoms with E-state index in [1.165, 1.54) is 26.5 Å². The Morgan fingerprint density at radius 2 is 1.54 bits per heavy atom. The summed E-state index contributed by atoms with van der Waals surface area (Å²) in [6, 6.07) is 16.9. The monoisotopic (exact) mass is 604 g/mol. The Bertz CT molecular complexity index is 1230. The number of esters is 1. The summed E-state index contributed by atoms with van der Waals surface area (Å²) in [5, 5.41) is 3.99. The molecule has 10 heteroatoms. The Balaban J connectivity index is 1.68. The van der Waals surface area contributed by atoms with E-state index >= 15 is 0 Å². The number of hydrazone groups is 1. The number of hydrogen-bond acceptors (Lipinski definition) is 7. The number of methoxy groups -OCH3 is 2. The second kappa shape index (κ2) is 12.4. The number of carbonyl (C=O) groups excluding carboxylic acids is 2. The van der Waals surface area contributed by atoms with Crippen molar-refractivity contribution in [3.05, 3.63) is 80.7 Å². The molecule has 0 spiro atoms. The molecule has 1 amide bonds. The molecular weight excluding hydrogens is 584 g/mol. The van der Waals surface area contributed by atoms with Crippen LogP contribution in [0.3, 0.4) is 0 Å². The van der Waals surface area contributed by atoms with Crippen LogP contribution >= 0.6 is 31.9 Å². The summed E-state index contributed by atoms with van der Waals surface area (Å²) in [6.45, 7) is 1.61. The van der Waals surface area contributed by atoms with Crippen LogP contribution in [0, 0.1) is 0 Å². The van der Waals surface area contributed by atoms with E-state index in [-0.39, 0.29) is 11.3 Å². The van der Waals surface area contributed by atoms with Gasteiger partial charge in [-0.05, 0) is 67.6 Å². The molecule has 1 atom stereocenters. The van der Waals surface area contributed by atoms with Crippen molar-refractivity contribution >= 4 is 50.0 Å². The third-order valence-electron chi connectivity index (χ3n) is 4.67. The largest absolute Gasteiger partial charge is 0.493 e. The minimum absolute atomic E-state index is 0.255. The molecule has 182 valence electrons. The predicted molar refractivity (Wildman–Crippen MR) is 139 cm³/mol. The fourth-order valence-electron chi connectivity index (χ4n) is 2.86. The highest BCUT2D eigenvalue weighted by Gasteiger charge is 2.16. The van der Waals surface area contributed by atoms with Gasteiger partial charge in [-0.2, -0.15) is 5.10 Å². The Morgan fingerprint density at radius 1 is 0.886 bits per heavy atom. The lowest BCUT2D eigenvalue weighted by Crippen LogP contribution is -2.33. The normalized spacial score (nSPS) is 11.6. The van der Waals surface area contributed by atoms with Crippen molar-refractivity contribution in [3.8, 4) is 23.0 Å². The molecule has 0 saturated carbocycles. The van der Waals surface area contributed by atoms with Crippen LogP contribution in [0.1, 0.15) is 22.8 Å². The van der Waals surface area contributed by atoms with Crippen LogP contribution in [0.15, 0.2) is 74.7 Å². The summed E-state index contributed by atoms with van der Waals surface area (Å²) in [5.74, 6) is 0.671. The van der Waals surface area contributed by atoms with Gasteiger partial charge in [0.1, 0.15) is 11.5 Å². The number of nitrogens with one attached hydrogen (secondary N) is 1. The maximum atomic E-state index is 12.7. The number of carbonyl (C=O) groups is 2. The molecule has 0 aromatic heterocycles. The molecule has 0 saturated heterocycles. The second-order valence-electron chi connectivity index (χ2n) is 7.09. The van der Waals surface area contributed by atoms with Gasteiger partial charge in [0.15, 0.2) is 17.6 Å². The Hall–Kier alpha value is -3.37. The van der Waals surface area contributed by atoms with Crippen LogP contribution < -0.4 is 24.4 Å². The van der Waals surface area contributed by atoms with Gasteiger partial charge in [0.25, 0.3) is 5.91 Å². The Kier molecular flexibility index (Phi) is 9.27. The lowest BCUT2D eigenvalue weighted by Gasteiger charge is -2.13.